The number of halogens is 3. The first-order chi connectivity index (χ1) is 21.1. The summed E-state index contributed by atoms with van der Waals surface area (Å²) in [6.07, 6.45) is 4.21. The van der Waals surface area contributed by atoms with E-state index in [1.807, 2.05) is 33.7 Å². The number of nitriles is 1. The third kappa shape index (κ3) is 9.52. The molecule has 4 rings (SSSR count). The first-order valence-corrected chi connectivity index (χ1v) is 15.3. The molecule has 1 heterocycles. The number of thiocarbonyl (C=S) groups is 1. The van der Waals surface area contributed by atoms with Crippen molar-refractivity contribution in [1.82, 2.24) is 19.8 Å². The van der Waals surface area contributed by atoms with Crippen LogP contribution in [0.3, 0.4) is 0 Å². The fourth-order valence-electron chi connectivity index (χ4n) is 4.84. The second-order valence-electron chi connectivity index (χ2n) is 10.9. The molecule has 0 aliphatic carbocycles. The van der Waals surface area contributed by atoms with Gasteiger partial charge >= 0.3 is 0 Å². The maximum Gasteiger partial charge on any atom is 0.226 e. The number of carbonyl (C=O) groups is 1. The maximum absolute atomic E-state index is 13.9. The highest BCUT2D eigenvalue weighted by molar-refractivity contribution is 7.80. The van der Waals surface area contributed by atoms with Crippen molar-refractivity contribution in [3.05, 3.63) is 118 Å². The van der Waals surface area contributed by atoms with E-state index in [1.54, 1.807) is 42.9 Å². The normalized spacial score (nSPS) is 11.6. The van der Waals surface area contributed by atoms with Gasteiger partial charge in [-0.05, 0) is 72.1 Å². The Kier molecular flexibility index (Phi) is 11.7. The zero-order chi connectivity index (χ0) is 31.6. The smallest absolute Gasteiger partial charge is 0.226 e. The number of nitrogens with one attached hydrogen (secondary N) is 2. The van der Waals surface area contributed by atoms with Gasteiger partial charge in [0.2, 0.25) is 5.91 Å². The van der Waals surface area contributed by atoms with Gasteiger partial charge in [-0.3, -0.25) is 4.79 Å². The maximum atomic E-state index is 13.9. The van der Waals surface area contributed by atoms with Crippen LogP contribution in [0.15, 0.2) is 79.3 Å². The highest BCUT2D eigenvalue weighted by Crippen LogP contribution is 2.27. The summed E-state index contributed by atoms with van der Waals surface area (Å²) in [6, 6.07) is 20.7. The van der Waals surface area contributed by atoms with Crippen LogP contribution in [0.5, 0.6) is 0 Å². The van der Waals surface area contributed by atoms with Gasteiger partial charge in [0.1, 0.15) is 5.82 Å². The van der Waals surface area contributed by atoms with Crippen LogP contribution < -0.4 is 10.6 Å². The quantitative estimate of drug-likeness (QED) is 0.157. The van der Waals surface area contributed by atoms with Gasteiger partial charge in [-0.25, -0.2) is 9.37 Å². The van der Waals surface area contributed by atoms with E-state index in [-0.39, 0.29) is 30.1 Å². The van der Waals surface area contributed by atoms with Crippen molar-refractivity contribution in [2.45, 2.75) is 45.8 Å². The van der Waals surface area contributed by atoms with E-state index in [4.69, 9.17) is 40.7 Å². The molecule has 0 saturated heterocycles. The molecule has 7 nitrogen and oxygen atoms in total. The Labute approximate surface area is 272 Å². The van der Waals surface area contributed by atoms with Gasteiger partial charge in [-0.1, -0.05) is 67.4 Å². The van der Waals surface area contributed by atoms with Crippen molar-refractivity contribution in [1.29, 1.82) is 5.26 Å². The molecule has 0 saturated carbocycles. The highest BCUT2D eigenvalue weighted by atomic mass is 35.5. The predicted molar refractivity (Wildman–Crippen MR) is 177 cm³/mol. The van der Waals surface area contributed by atoms with E-state index in [2.05, 4.69) is 35.5 Å². The number of hydrogen-bond acceptors (Lipinski definition) is 4. The molecule has 2 N–H and O–H groups in total. The number of anilines is 1. The monoisotopic (exact) mass is 650 g/mol. The Morgan fingerprint density at radius 1 is 1.14 bits per heavy atom. The molecule has 0 radical (unpaired) electrons. The fraction of sp³-hybridized carbons (Fsp3) is 0.273. The summed E-state index contributed by atoms with van der Waals surface area (Å²) in [5.74, 6) is -0.254. The lowest BCUT2D eigenvalue weighted by molar-refractivity contribution is -0.121. The minimum absolute atomic E-state index is 0.136. The van der Waals surface area contributed by atoms with Crippen LogP contribution in [0.4, 0.5) is 10.1 Å². The second-order valence-corrected chi connectivity index (χ2v) is 12.1. The van der Waals surface area contributed by atoms with Crippen LogP contribution in [0.25, 0.3) is 0 Å². The minimum Gasteiger partial charge on any atom is -0.351 e. The molecular formula is C33H33Cl2FN6OS. The summed E-state index contributed by atoms with van der Waals surface area (Å²) in [5, 5.41) is 16.6. The second kappa shape index (κ2) is 15.7. The molecule has 44 heavy (non-hydrogen) atoms. The zero-order valence-corrected chi connectivity index (χ0v) is 26.8. The lowest BCUT2D eigenvalue weighted by Gasteiger charge is -2.32. The average molecular weight is 652 g/mol. The Morgan fingerprint density at radius 3 is 2.59 bits per heavy atom. The molecule has 1 atom stereocenters. The topological polar surface area (TPSA) is 86.0 Å². The fourth-order valence-corrected chi connectivity index (χ4v) is 5.48. The van der Waals surface area contributed by atoms with Crippen molar-refractivity contribution >= 4 is 52.1 Å². The number of rotatable bonds is 12. The van der Waals surface area contributed by atoms with Crippen LogP contribution in [-0.4, -0.2) is 38.1 Å². The first-order valence-electron chi connectivity index (χ1n) is 14.1. The third-order valence-electron chi connectivity index (χ3n) is 6.89. The van der Waals surface area contributed by atoms with Gasteiger partial charge in [-0.15, -0.1) is 0 Å². The van der Waals surface area contributed by atoms with E-state index in [0.29, 0.717) is 52.5 Å². The molecule has 1 amide bonds. The summed E-state index contributed by atoms with van der Waals surface area (Å²) in [5.41, 5.74) is 3.63. The molecule has 1 aromatic heterocycles. The summed E-state index contributed by atoms with van der Waals surface area (Å²) < 4.78 is 15.8. The van der Waals surface area contributed by atoms with E-state index >= 15 is 0 Å². The SMILES string of the molecule is CC(C)C[C@@H](CN(Cc1cccc(Cl)c1Cl)C(=S)Nc1cccc(F)c1)NC(=O)Cc1cncn1Cc1ccc(C#N)cc1. The number of nitrogens with zero attached hydrogens (tertiary/aromatic N) is 4. The van der Waals surface area contributed by atoms with Crippen molar-refractivity contribution < 1.29 is 9.18 Å². The van der Waals surface area contributed by atoms with Crippen LogP contribution in [0, 0.1) is 23.1 Å². The third-order valence-corrected chi connectivity index (χ3v) is 8.11. The average Bonchev–Trinajstić information content (AvgIpc) is 3.40. The van der Waals surface area contributed by atoms with Crippen molar-refractivity contribution in [2.24, 2.45) is 5.92 Å². The number of hydrogen-bond donors (Lipinski definition) is 2. The van der Waals surface area contributed by atoms with Gasteiger partial charge in [-0.2, -0.15) is 5.26 Å². The standard InChI is InChI=1S/C33H33Cl2FN6OS/c1-22(2)13-28(39-31(43)15-29-17-38-21-42(29)18-24-11-9-23(16-37)10-12-24)20-41(19-25-5-3-8-30(34)32(25)35)33(44)40-27-7-4-6-26(36)14-27/h3-12,14,17,21-22,28H,13,15,18-20H2,1-2H3,(H,39,43)(H,40,44)/t28-/m0/s1. The molecular weight excluding hydrogens is 618 g/mol. The summed E-state index contributed by atoms with van der Waals surface area (Å²) >= 11 is 18.6. The Morgan fingerprint density at radius 2 is 1.89 bits per heavy atom. The zero-order valence-electron chi connectivity index (χ0n) is 24.4. The Bertz CT molecular complexity index is 1640. The summed E-state index contributed by atoms with van der Waals surface area (Å²) in [4.78, 5) is 19.6. The molecule has 0 spiro atoms. The number of imidazole rings is 1. The van der Waals surface area contributed by atoms with Crippen molar-refractivity contribution in [2.75, 3.05) is 11.9 Å². The lowest BCUT2D eigenvalue weighted by Crippen LogP contribution is -2.47. The van der Waals surface area contributed by atoms with E-state index in [1.165, 1.54) is 12.1 Å². The van der Waals surface area contributed by atoms with E-state index < -0.39 is 0 Å². The van der Waals surface area contributed by atoms with Crippen LogP contribution in [0.1, 0.15) is 42.7 Å². The van der Waals surface area contributed by atoms with Crippen LogP contribution in [0.2, 0.25) is 10.0 Å². The highest BCUT2D eigenvalue weighted by Gasteiger charge is 2.22. The molecule has 0 unspecified atom stereocenters. The molecule has 0 fully saturated rings. The molecule has 0 aliphatic rings. The van der Waals surface area contributed by atoms with Crippen LogP contribution in [-0.2, 0) is 24.3 Å². The summed E-state index contributed by atoms with van der Waals surface area (Å²) in [7, 11) is 0. The molecule has 0 aliphatic heterocycles. The number of carbonyl (C=O) groups excluding carboxylic acids is 1. The van der Waals surface area contributed by atoms with E-state index in [9.17, 15) is 9.18 Å². The van der Waals surface area contributed by atoms with Gasteiger partial charge in [0.25, 0.3) is 0 Å². The predicted octanol–water partition coefficient (Wildman–Crippen LogP) is 7.22. The van der Waals surface area contributed by atoms with Gasteiger partial charge in [0.05, 0.1) is 34.4 Å². The summed E-state index contributed by atoms with van der Waals surface area (Å²) in [6.45, 7) is 5.40. The molecule has 228 valence electrons. The van der Waals surface area contributed by atoms with Gasteiger partial charge < -0.3 is 20.1 Å². The first kappa shape index (κ1) is 32.9. The molecule has 11 heteroatoms. The molecule has 0 bridgehead atoms. The van der Waals surface area contributed by atoms with Crippen molar-refractivity contribution in [3.8, 4) is 6.07 Å². The van der Waals surface area contributed by atoms with Gasteiger partial charge in [0, 0.05) is 43.3 Å². The number of aromatic nitrogens is 2. The molecule has 3 aromatic carbocycles. The minimum atomic E-state index is -0.384. The molecule has 4 aromatic rings. The van der Waals surface area contributed by atoms with Gasteiger partial charge in [0.15, 0.2) is 5.11 Å². The number of amides is 1. The van der Waals surface area contributed by atoms with E-state index in [0.717, 1.165) is 16.8 Å². The van der Waals surface area contributed by atoms with Crippen LogP contribution >= 0.6 is 35.4 Å². The van der Waals surface area contributed by atoms with Crippen molar-refractivity contribution in [3.63, 3.8) is 0 Å². The Balaban J connectivity index is 1.50. The number of benzene rings is 3. The largest absolute Gasteiger partial charge is 0.351 e. The Hall–Kier alpha value is -3.97. The lowest BCUT2D eigenvalue weighted by atomic mass is 10.0.